The second-order valence-corrected chi connectivity index (χ2v) is 32.1. The minimum atomic E-state index is -0.632. The fourth-order valence-electron chi connectivity index (χ4n) is 20.1. The van der Waals surface area contributed by atoms with Gasteiger partial charge in [0.05, 0.1) is 10.8 Å². The van der Waals surface area contributed by atoms with Gasteiger partial charge in [0.2, 0.25) is 0 Å². The molecule has 25 rings (SSSR count). The topological polar surface area (TPSA) is 109 Å². The van der Waals surface area contributed by atoms with Crippen molar-refractivity contribution in [1.29, 1.82) is 0 Å². The number of fused-ring (bicyclic) bond motifs is 22. The quantitative estimate of drug-likeness (QED) is 0.125. The van der Waals surface area contributed by atoms with Gasteiger partial charge in [0.1, 0.15) is 34.2 Å². The van der Waals surface area contributed by atoms with Crippen LogP contribution in [0.25, 0.3) is 179 Å². The summed E-state index contributed by atoms with van der Waals surface area (Å²) in [7, 11) is 0. The number of aromatic nitrogens is 6. The summed E-state index contributed by atoms with van der Waals surface area (Å²) in [6.45, 7) is 0. The highest BCUT2D eigenvalue weighted by molar-refractivity contribution is 6.10. The highest BCUT2D eigenvalue weighted by Crippen LogP contribution is 2.65. The number of nitrogens with zero attached hydrogens (tertiary/aromatic N) is 6. The molecule has 0 saturated heterocycles. The number of benzene rings is 18. The molecule has 0 amide bonds. The smallest absolute Gasteiger partial charge is 0.164 e. The molecule has 3 aromatic heterocycles. The van der Waals surface area contributed by atoms with Crippen LogP contribution in [0.2, 0.25) is 0 Å². The molecule has 18 aromatic carbocycles. The van der Waals surface area contributed by atoms with Crippen molar-refractivity contribution >= 4 is 32.7 Å². The second kappa shape index (κ2) is 27.6. The fraction of sp³-hybridized carbons (Fsp3) is 0.0175. The van der Waals surface area contributed by atoms with Crippen molar-refractivity contribution < 1.29 is 13.9 Å². The van der Waals surface area contributed by atoms with E-state index in [1.165, 1.54) is 44.5 Å². The van der Waals surface area contributed by atoms with Gasteiger partial charge in [-0.1, -0.05) is 364 Å². The predicted octanol–water partition coefficient (Wildman–Crippen LogP) is 28.4. The molecule has 2 aliphatic heterocycles. The van der Waals surface area contributed by atoms with Crippen molar-refractivity contribution in [1.82, 2.24) is 29.9 Å². The van der Waals surface area contributed by atoms with E-state index in [0.717, 1.165) is 167 Å². The molecule has 0 unspecified atom stereocenters. The van der Waals surface area contributed by atoms with Crippen LogP contribution in [-0.2, 0) is 10.8 Å². The Morgan fingerprint density at radius 2 is 0.504 bits per heavy atom. The molecule has 21 aromatic rings. The molecule has 0 fully saturated rings. The van der Waals surface area contributed by atoms with Gasteiger partial charge < -0.3 is 13.9 Å². The lowest BCUT2D eigenvalue weighted by Gasteiger charge is -2.39. The van der Waals surface area contributed by atoms with Crippen LogP contribution in [0.15, 0.2) is 417 Å². The first-order valence-corrected chi connectivity index (χ1v) is 41.7. The third kappa shape index (κ3) is 10.8. The standard InChI is InChI=1S/C114H68N6O3/c1-3-25-71(26-4-1)107-115-109(74-55-51-70(52-56-74)82-38-24-39-90-89-37-13-20-46-101(89)123-106(82)90)118-111(117-107)79-57-60-81(78-59-64-100-105(68-78)122-103-48-22-19-45-98(103)114(100)95-42-16-11-35-87(95)88-36-12-17-43-96(88)114)92(66-79)77-30-23-29-76(65-77)80-61-62-91(84-32-8-7-31-83(80)84)112-119-108(72-27-5-2-6-28-72)116-110(120-112)73-53-49-69(50-54-73)75-58-63-99-104(67-75)121-102-47-21-18-44-97(102)113(99)93-40-14-9-33-85(93)86-34-10-15-41-94(86)113/h1-68H. The van der Waals surface area contributed by atoms with Gasteiger partial charge in [-0.25, -0.2) is 29.9 Å². The van der Waals surface area contributed by atoms with Crippen molar-refractivity contribution in [3.05, 3.63) is 457 Å². The Morgan fingerprint density at radius 3 is 1.06 bits per heavy atom. The molecule has 0 radical (unpaired) electrons. The zero-order valence-electron chi connectivity index (χ0n) is 66.2. The Labute approximate surface area is 708 Å². The second-order valence-electron chi connectivity index (χ2n) is 32.1. The summed E-state index contributed by atoms with van der Waals surface area (Å²) in [6, 6.07) is 146. The molecule has 5 heterocycles. The lowest BCUT2D eigenvalue weighted by atomic mass is 9.66. The maximum Gasteiger partial charge on any atom is 0.164 e. The van der Waals surface area contributed by atoms with Crippen LogP contribution in [0.3, 0.4) is 0 Å². The van der Waals surface area contributed by atoms with E-state index in [1.54, 1.807) is 0 Å². The first kappa shape index (κ1) is 69.7. The van der Waals surface area contributed by atoms with E-state index < -0.39 is 10.8 Å². The van der Waals surface area contributed by atoms with Crippen LogP contribution < -0.4 is 9.47 Å². The van der Waals surface area contributed by atoms with Crippen LogP contribution in [-0.4, -0.2) is 29.9 Å². The molecule has 572 valence electrons. The Balaban J connectivity index is 0.607. The van der Waals surface area contributed by atoms with Gasteiger partial charge >= 0.3 is 0 Å². The van der Waals surface area contributed by atoms with E-state index in [9.17, 15) is 0 Å². The Hall–Kier alpha value is -16.4. The summed E-state index contributed by atoms with van der Waals surface area (Å²) in [5.41, 5.74) is 30.2. The number of ether oxygens (including phenoxy) is 2. The van der Waals surface area contributed by atoms with Crippen LogP contribution in [0.5, 0.6) is 23.0 Å². The lowest BCUT2D eigenvalue weighted by molar-refractivity contribution is 0.436. The minimum absolute atomic E-state index is 0.532. The summed E-state index contributed by atoms with van der Waals surface area (Å²) >= 11 is 0. The summed E-state index contributed by atoms with van der Waals surface area (Å²) in [6.07, 6.45) is 0. The molecule has 123 heavy (non-hydrogen) atoms. The van der Waals surface area contributed by atoms with Crippen molar-refractivity contribution in [3.8, 4) is 169 Å². The van der Waals surface area contributed by atoms with Gasteiger partial charge in [0.15, 0.2) is 34.9 Å². The van der Waals surface area contributed by atoms with Crippen LogP contribution in [0.1, 0.15) is 44.5 Å². The maximum atomic E-state index is 7.21. The van der Waals surface area contributed by atoms with Crippen molar-refractivity contribution in [2.45, 2.75) is 10.8 Å². The highest BCUT2D eigenvalue weighted by atomic mass is 16.5. The van der Waals surface area contributed by atoms with Crippen LogP contribution >= 0.6 is 0 Å². The summed E-state index contributed by atoms with van der Waals surface area (Å²) < 4.78 is 20.7. The molecular formula is C114H68N6O3. The minimum Gasteiger partial charge on any atom is -0.457 e. The average Bonchev–Trinajstić information content (AvgIpc) is 1.54. The Morgan fingerprint density at radius 1 is 0.163 bits per heavy atom. The van der Waals surface area contributed by atoms with Gasteiger partial charge in [-0.2, -0.15) is 0 Å². The molecule has 4 aliphatic rings. The van der Waals surface area contributed by atoms with E-state index in [1.807, 2.05) is 48.5 Å². The molecule has 0 saturated carbocycles. The van der Waals surface area contributed by atoms with E-state index in [2.05, 4.69) is 364 Å². The SMILES string of the molecule is c1ccc(-c2nc(-c3ccc(-c4cccc5c4oc4ccccc45)cc3)nc(-c3ccc(-c4ccc5c(c4)Oc4ccccc4C54c5ccccc5-c5ccccc54)c(-c4cccc(-c5ccc(-c6nc(-c7ccccc7)nc(-c7ccc(-c8ccc9c(c8)Oc8ccccc8C98c9ccccc9-c9ccccc98)cc7)n6)c6ccccc56)c4)c3)n2)cc1. The third-order valence-electron chi connectivity index (χ3n) is 25.6. The molecule has 9 nitrogen and oxygen atoms in total. The third-order valence-corrected chi connectivity index (χ3v) is 25.6. The number of hydrogen-bond acceptors (Lipinski definition) is 9. The molecule has 0 bridgehead atoms. The van der Waals surface area contributed by atoms with E-state index >= 15 is 0 Å². The van der Waals surface area contributed by atoms with Crippen molar-refractivity contribution in [2.75, 3.05) is 0 Å². The zero-order valence-corrected chi connectivity index (χ0v) is 66.2. The number of rotatable bonds is 11. The lowest BCUT2D eigenvalue weighted by Crippen LogP contribution is -2.32. The van der Waals surface area contributed by atoms with E-state index in [4.69, 9.17) is 43.8 Å². The normalized spacial score (nSPS) is 13.1. The first-order chi connectivity index (χ1) is 60.9. The zero-order chi connectivity index (χ0) is 80.9. The summed E-state index contributed by atoms with van der Waals surface area (Å²) in [5.74, 6) is 6.65. The van der Waals surface area contributed by atoms with E-state index in [-0.39, 0.29) is 0 Å². The largest absolute Gasteiger partial charge is 0.457 e. The summed E-state index contributed by atoms with van der Waals surface area (Å²) in [4.78, 5) is 32.1. The monoisotopic (exact) mass is 1570 g/mol. The molecule has 2 spiro atoms. The number of furan rings is 1. The Kier molecular flexibility index (Phi) is 15.7. The van der Waals surface area contributed by atoms with Gasteiger partial charge in [0.25, 0.3) is 0 Å². The van der Waals surface area contributed by atoms with Crippen molar-refractivity contribution in [2.24, 2.45) is 0 Å². The number of hydrogen-bond donors (Lipinski definition) is 0. The van der Waals surface area contributed by atoms with Crippen molar-refractivity contribution in [3.63, 3.8) is 0 Å². The van der Waals surface area contributed by atoms with Gasteiger partial charge in [-0.05, 0) is 154 Å². The molecule has 0 atom stereocenters. The molecule has 0 N–H and O–H groups in total. The Bertz CT molecular complexity index is 7860. The molecule has 9 heteroatoms. The molecule has 2 aliphatic carbocycles. The molecular weight excluding hydrogens is 1500 g/mol. The maximum absolute atomic E-state index is 7.21. The fourth-order valence-corrected chi connectivity index (χ4v) is 20.1. The van der Waals surface area contributed by atoms with E-state index in [0.29, 0.717) is 34.9 Å². The predicted molar refractivity (Wildman–Crippen MR) is 493 cm³/mol. The summed E-state index contributed by atoms with van der Waals surface area (Å²) in [5, 5.41) is 4.21. The van der Waals surface area contributed by atoms with Crippen LogP contribution in [0, 0.1) is 0 Å². The highest BCUT2D eigenvalue weighted by Gasteiger charge is 2.53. The average molecular weight is 1570 g/mol. The van der Waals surface area contributed by atoms with Crippen LogP contribution in [0.4, 0.5) is 0 Å². The van der Waals surface area contributed by atoms with Gasteiger partial charge in [-0.15, -0.1) is 0 Å². The van der Waals surface area contributed by atoms with Gasteiger partial charge in [-0.3, -0.25) is 0 Å². The van der Waals surface area contributed by atoms with Gasteiger partial charge in [0, 0.05) is 72.0 Å². The number of para-hydroxylation sites is 4. The first-order valence-electron chi connectivity index (χ1n) is 41.7.